The molecule has 4 rings (SSSR count). The minimum Gasteiger partial charge on any atom is -0.394 e. The topological polar surface area (TPSA) is 103 Å². The van der Waals surface area contributed by atoms with Crippen molar-refractivity contribution >= 4 is 44.3 Å². The molecule has 1 heterocycles. The lowest BCUT2D eigenvalue weighted by Gasteiger charge is -2.16. The third-order valence-electron chi connectivity index (χ3n) is 5.67. The number of hydrogen-bond acceptors (Lipinski definition) is 5. The number of nitrogens with one attached hydrogen (secondary N) is 3. The van der Waals surface area contributed by atoms with Gasteiger partial charge in [-0.2, -0.15) is 0 Å². The lowest BCUT2D eigenvalue weighted by Crippen LogP contribution is -2.41. The Kier molecular flexibility index (Phi) is 7.43. The predicted octanol–water partition coefficient (Wildman–Crippen LogP) is 5.20. The van der Waals surface area contributed by atoms with Gasteiger partial charge in [0.25, 0.3) is 5.91 Å². The van der Waals surface area contributed by atoms with Crippen LogP contribution in [0.2, 0.25) is 0 Å². The van der Waals surface area contributed by atoms with Crippen LogP contribution in [-0.4, -0.2) is 34.7 Å². The lowest BCUT2D eigenvalue weighted by molar-refractivity contribution is 0.102. The molecule has 0 spiro atoms. The SMILES string of the molecule is Cc1cc(C)c(NC(=O)c2ccc3nc(NC(=O)N[C@@H](CO)Cc4ccccc4)sc3c2)c(C)c1. The van der Waals surface area contributed by atoms with Crippen molar-refractivity contribution in [2.45, 2.75) is 33.2 Å². The number of aryl methyl sites for hydroxylation is 3. The number of aromatic nitrogens is 1. The van der Waals surface area contributed by atoms with E-state index in [4.69, 9.17) is 0 Å². The number of fused-ring (bicyclic) bond motifs is 1. The smallest absolute Gasteiger partial charge is 0.321 e. The normalized spacial score (nSPS) is 11.8. The fourth-order valence-corrected chi connectivity index (χ4v) is 4.96. The summed E-state index contributed by atoms with van der Waals surface area (Å²) in [5.74, 6) is -0.200. The van der Waals surface area contributed by atoms with Crippen LogP contribution in [0.1, 0.15) is 32.6 Å². The highest BCUT2D eigenvalue weighted by Gasteiger charge is 2.16. The van der Waals surface area contributed by atoms with Crippen molar-refractivity contribution in [2.24, 2.45) is 0 Å². The monoisotopic (exact) mass is 488 g/mol. The maximum atomic E-state index is 12.9. The van der Waals surface area contributed by atoms with Crippen molar-refractivity contribution in [3.8, 4) is 0 Å². The first kappa shape index (κ1) is 24.4. The van der Waals surface area contributed by atoms with Gasteiger partial charge < -0.3 is 15.7 Å². The number of rotatable bonds is 7. The van der Waals surface area contributed by atoms with E-state index in [1.54, 1.807) is 18.2 Å². The van der Waals surface area contributed by atoms with Gasteiger partial charge in [0.05, 0.1) is 22.9 Å². The molecule has 0 saturated carbocycles. The highest BCUT2D eigenvalue weighted by molar-refractivity contribution is 7.22. The number of thiazole rings is 1. The van der Waals surface area contributed by atoms with E-state index in [1.165, 1.54) is 11.3 Å². The van der Waals surface area contributed by atoms with E-state index in [9.17, 15) is 14.7 Å². The number of carbonyl (C=O) groups is 2. The Morgan fingerprint density at radius 1 is 0.971 bits per heavy atom. The summed E-state index contributed by atoms with van der Waals surface area (Å²) in [4.78, 5) is 29.8. The summed E-state index contributed by atoms with van der Waals surface area (Å²) in [7, 11) is 0. The number of aliphatic hydroxyl groups is 1. The highest BCUT2D eigenvalue weighted by Crippen LogP contribution is 2.28. The predicted molar refractivity (Wildman–Crippen MR) is 141 cm³/mol. The number of urea groups is 1. The van der Waals surface area contributed by atoms with Gasteiger partial charge in [-0.05, 0) is 62.1 Å². The van der Waals surface area contributed by atoms with Crippen LogP contribution in [0.3, 0.4) is 0 Å². The first-order chi connectivity index (χ1) is 16.8. The zero-order chi connectivity index (χ0) is 24.9. The molecule has 0 unspecified atom stereocenters. The molecule has 0 aliphatic carbocycles. The first-order valence-corrected chi connectivity index (χ1v) is 12.2. The van der Waals surface area contributed by atoms with Crippen LogP contribution in [0.25, 0.3) is 10.2 Å². The van der Waals surface area contributed by atoms with Crippen LogP contribution in [-0.2, 0) is 6.42 Å². The zero-order valence-corrected chi connectivity index (χ0v) is 20.7. The van der Waals surface area contributed by atoms with Gasteiger partial charge in [-0.3, -0.25) is 10.1 Å². The lowest BCUT2D eigenvalue weighted by atomic mass is 10.0. The molecule has 8 heteroatoms. The molecule has 0 saturated heterocycles. The van der Waals surface area contributed by atoms with Crippen molar-refractivity contribution in [2.75, 3.05) is 17.2 Å². The first-order valence-electron chi connectivity index (χ1n) is 11.3. The number of nitrogens with zero attached hydrogens (tertiary/aromatic N) is 1. The van der Waals surface area contributed by atoms with Crippen LogP contribution < -0.4 is 16.0 Å². The molecule has 0 aliphatic heterocycles. The van der Waals surface area contributed by atoms with Crippen LogP contribution in [0.5, 0.6) is 0 Å². The molecule has 0 fully saturated rings. The van der Waals surface area contributed by atoms with Crippen molar-refractivity contribution in [1.29, 1.82) is 0 Å². The zero-order valence-electron chi connectivity index (χ0n) is 19.9. The van der Waals surface area contributed by atoms with Gasteiger partial charge in [-0.15, -0.1) is 0 Å². The highest BCUT2D eigenvalue weighted by atomic mass is 32.1. The molecule has 3 aromatic carbocycles. The summed E-state index contributed by atoms with van der Waals surface area (Å²) in [5.41, 5.74) is 6.22. The van der Waals surface area contributed by atoms with Gasteiger partial charge in [-0.25, -0.2) is 9.78 Å². The number of aliphatic hydroxyl groups excluding tert-OH is 1. The second kappa shape index (κ2) is 10.7. The van der Waals surface area contributed by atoms with E-state index >= 15 is 0 Å². The molecule has 4 N–H and O–H groups in total. The molecule has 1 atom stereocenters. The van der Waals surface area contributed by atoms with Crippen molar-refractivity contribution in [3.63, 3.8) is 0 Å². The van der Waals surface area contributed by atoms with Gasteiger partial charge in [0.1, 0.15) is 0 Å². The average molecular weight is 489 g/mol. The molecule has 0 radical (unpaired) electrons. The summed E-state index contributed by atoms with van der Waals surface area (Å²) in [6.45, 7) is 5.81. The van der Waals surface area contributed by atoms with Gasteiger partial charge in [-0.1, -0.05) is 59.4 Å². The van der Waals surface area contributed by atoms with Crippen molar-refractivity contribution in [1.82, 2.24) is 10.3 Å². The Bertz CT molecular complexity index is 1340. The quantitative estimate of drug-likeness (QED) is 0.287. The van der Waals surface area contributed by atoms with E-state index in [1.807, 2.05) is 63.2 Å². The third-order valence-corrected chi connectivity index (χ3v) is 6.60. The standard InChI is InChI=1S/C27H28N4O3S/c1-16-11-17(2)24(18(3)12-16)30-25(33)20-9-10-22-23(14-20)35-27(29-22)31-26(34)28-21(15-32)13-19-7-5-4-6-8-19/h4-12,14,21,32H,13,15H2,1-3H3,(H,30,33)(H2,28,29,31,34)/t21-/m1/s1. The minimum absolute atomic E-state index is 0.180. The fourth-order valence-electron chi connectivity index (χ4n) is 4.06. The largest absolute Gasteiger partial charge is 0.394 e. The maximum absolute atomic E-state index is 12.9. The van der Waals surface area contributed by atoms with Crippen molar-refractivity contribution in [3.05, 3.63) is 88.5 Å². The molecular weight excluding hydrogens is 460 g/mol. The molecule has 4 aromatic rings. The Morgan fingerprint density at radius 2 is 1.69 bits per heavy atom. The molecule has 3 amide bonds. The number of benzene rings is 3. The van der Waals surface area contributed by atoms with Crippen LogP contribution in [0.15, 0.2) is 60.7 Å². The van der Waals surface area contributed by atoms with E-state index in [0.29, 0.717) is 22.6 Å². The Balaban J connectivity index is 1.43. The second-order valence-electron chi connectivity index (χ2n) is 8.60. The number of hydrogen-bond donors (Lipinski definition) is 4. The van der Waals surface area contributed by atoms with Gasteiger partial charge in [0.2, 0.25) is 0 Å². The summed E-state index contributed by atoms with van der Waals surface area (Å²) < 4.78 is 0.785. The number of anilines is 2. The van der Waals surface area contributed by atoms with Crippen LogP contribution in [0.4, 0.5) is 15.6 Å². The summed E-state index contributed by atoms with van der Waals surface area (Å²) in [5, 5.41) is 18.6. The van der Waals surface area contributed by atoms with Crippen molar-refractivity contribution < 1.29 is 14.7 Å². The Morgan fingerprint density at radius 3 is 2.37 bits per heavy atom. The molecule has 1 aromatic heterocycles. The van der Waals surface area contributed by atoms with Crippen LogP contribution in [0, 0.1) is 20.8 Å². The molecule has 0 aliphatic rings. The maximum Gasteiger partial charge on any atom is 0.321 e. The van der Waals surface area contributed by atoms with Gasteiger partial charge >= 0.3 is 6.03 Å². The Labute approximate surface area is 208 Å². The minimum atomic E-state index is -0.442. The van der Waals surface area contributed by atoms with E-state index < -0.39 is 12.1 Å². The molecule has 7 nitrogen and oxygen atoms in total. The second-order valence-corrected chi connectivity index (χ2v) is 9.63. The van der Waals surface area contributed by atoms with Crippen LogP contribution >= 0.6 is 11.3 Å². The molecular formula is C27H28N4O3S. The molecule has 0 bridgehead atoms. The fraction of sp³-hybridized carbons (Fsp3) is 0.222. The average Bonchev–Trinajstić information content (AvgIpc) is 3.22. The van der Waals surface area contributed by atoms with E-state index in [-0.39, 0.29) is 12.5 Å². The molecule has 35 heavy (non-hydrogen) atoms. The van der Waals surface area contributed by atoms with Gasteiger partial charge in [0.15, 0.2) is 5.13 Å². The summed E-state index contributed by atoms with van der Waals surface area (Å²) in [6.07, 6.45) is 0.517. The summed E-state index contributed by atoms with van der Waals surface area (Å²) in [6, 6.07) is 18.1. The molecule has 180 valence electrons. The number of carbonyl (C=O) groups excluding carboxylic acids is 2. The van der Waals surface area contributed by atoms with E-state index in [2.05, 4.69) is 20.9 Å². The summed E-state index contributed by atoms with van der Waals surface area (Å²) >= 11 is 1.28. The number of amides is 3. The third kappa shape index (κ3) is 6.03. The Hall–Kier alpha value is -3.75. The van der Waals surface area contributed by atoms with Gasteiger partial charge in [0, 0.05) is 11.3 Å². The van der Waals surface area contributed by atoms with E-state index in [0.717, 1.165) is 32.6 Å².